The zero-order valence-electron chi connectivity index (χ0n) is 16.4. The van der Waals surface area contributed by atoms with Gasteiger partial charge in [0.05, 0.1) is 10.6 Å². The summed E-state index contributed by atoms with van der Waals surface area (Å²) in [6.07, 6.45) is 0.325. The first-order valence-electron chi connectivity index (χ1n) is 9.25. The lowest BCUT2D eigenvalue weighted by Gasteiger charge is -2.17. The van der Waals surface area contributed by atoms with Crippen molar-refractivity contribution >= 4 is 43.8 Å². The van der Waals surface area contributed by atoms with Crippen molar-refractivity contribution < 1.29 is 13.2 Å². The average Bonchev–Trinajstić information content (AvgIpc) is 2.70. The molecule has 0 radical (unpaired) electrons. The summed E-state index contributed by atoms with van der Waals surface area (Å²) in [7, 11) is 0.375. The molecule has 0 aromatic heterocycles. The molecule has 0 bridgehead atoms. The molecule has 3 rings (SSSR count). The Morgan fingerprint density at radius 2 is 1.62 bits per heavy atom. The van der Waals surface area contributed by atoms with Crippen LogP contribution in [0.3, 0.4) is 0 Å². The molecule has 0 saturated heterocycles. The summed E-state index contributed by atoms with van der Waals surface area (Å²) in [5.74, 6) is -0.293. The van der Waals surface area contributed by atoms with E-state index < -0.39 is 9.84 Å². The van der Waals surface area contributed by atoms with Crippen LogP contribution in [0, 0.1) is 0 Å². The van der Waals surface area contributed by atoms with Crippen LogP contribution in [0.2, 0.25) is 5.02 Å². The van der Waals surface area contributed by atoms with Crippen LogP contribution in [0.5, 0.6) is 0 Å². The summed E-state index contributed by atoms with van der Waals surface area (Å²) in [6.45, 7) is 0.272. The van der Waals surface area contributed by atoms with Crippen molar-refractivity contribution in [1.82, 2.24) is 5.32 Å². The first-order chi connectivity index (χ1) is 13.8. The minimum absolute atomic E-state index is 0.0425. The highest BCUT2D eigenvalue weighted by atomic mass is 35.5. The maximum absolute atomic E-state index is 12.9. The number of anilines is 1. The molecule has 0 unspecified atom stereocenters. The zero-order valence-corrected chi connectivity index (χ0v) is 17.9. The van der Waals surface area contributed by atoms with Gasteiger partial charge in [0, 0.05) is 47.7 Å². The fraction of sp³-hybridized carbons (Fsp3) is 0.227. The number of hydrogen-bond acceptors (Lipinski definition) is 4. The third-order valence-electron chi connectivity index (χ3n) is 4.66. The smallest absolute Gasteiger partial charge is 0.251 e. The molecule has 0 aliphatic carbocycles. The molecule has 0 saturated carbocycles. The summed E-state index contributed by atoms with van der Waals surface area (Å²) in [5, 5.41) is 4.92. The summed E-state index contributed by atoms with van der Waals surface area (Å²) in [5.41, 5.74) is 1.46. The van der Waals surface area contributed by atoms with Crippen LogP contribution < -0.4 is 10.2 Å². The number of fused-ring (bicyclic) bond motifs is 1. The van der Waals surface area contributed by atoms with Gasteiger partial charge in [-0.25, -0.2) is 8.42 Å². The molecular formula is C22H23ClN2O3S. The van der Waals surface area contributed by atoms with Crippen LogP contribution in [-0.2, 0) is 9.84 Å². The predicted molar refractivity (Wildman–Crippen MR) is 119 cm³/mol. The molecule has 1 amide bonds. The van der Waals surface area contributed by atoms with E-state index in [1.165, 1.54) is 0 Å². The van der Waals surface area contributed by atoms with Gasteiger partial charge in [-0.05, 0) is 42.8 Å². The molecule has 7 heteroatoms. The van der Waals surface area contributed by atoms with Crippen molar-refractivity contribution in [3.05, 3.63) is 71.2 Å². The van der Waals surface area contributed by atoms with E-state index in [1.807, 2.05) is 43.3 Å². The Bertz CT molecular complexity index is 1130. The molecule has 1 N–H and O–H groups in total. The van der Waals surface area contributed by atoms with Gasteiger partial charge in [0.25, 0.3) is 5.91 Å². The molecule has 0 fully saturated rings. The van der Waals surface area contributed by atoms with E-state index in [0.717, 1.165) is 11.1 Å². The highest BCUT2D eigenvalue weighted by molar-refractivity contribution is 7.91. The van der Waals surface area contributed by atoms with Gasteiger partial charge < -0.3 is 10.2 Å². The second-order valence-corrected chi connectivity index (χ2v) is 9.47. The van der Waals surface area contributed by atoms with Crippen LogP contribution in [-0.4, -0.2) is 40.7 Å². The molecule has 0 aliphatic rings. The Balaban J connectivity index is 1.69. The molecule has 0 heterocycles. The van der Waals surface area contributed by atoms with Gasteiger partial charge in [-0.15, -0.1) is 0 Å². The van der Waals surface area contributed by atoms with E-state index in [2.05, 4.69) is 5.32 Å². The lowest BCUT2D eigenvalue weighted by molar-refractivity contribution is 0.0953. The van der Waals surface area contributed by atoms with Gasteiger partial charge in [-0.3, -0.25) is 4.79 Å². The molecule has 0 atom stereocenters. The average molecular weight is 431 g/mol. The molecule has 0 aliphatic heterocycles. The van der Waals surface area contributed by atoms with Crippen molar-refractivity contribution in [2.24, 2.45) is 0 Å². The lowest BCUT2D eigenvalue weighted by Crippen LogP contribution is -2.26. The molecule has 3 aromatic rings. The number of carbonyl (C=O) groups is 1. The van der Waals surface area contributed by atoms with E-state index in [1.54, 1.807) is 36.4 Å². The molecule has 3 aromatic carbocycles. The minimum atomic E-state index is -3.48. The Labute approximate surface area is 176 Å². The number of nitrogens with zero attached hydrogens (tertiary/aromatic N) is 1. The van der Waals surface area contributed by atoms with Crippen molar-refractivity contribution in [3.8, 4) is 0 Å². The first kappa shape index (κ1) is 21.1. The zero-order chi connectivity index (χ0) is 21.0. The van der Waals surface area contributed by atoms with E-state index in [9.17, 15) is 13.2 Å². The van der Waals surface area contributed by atoms with Crippen LogP contribution in [0.1, 0.15) is 16.8 Å². The topological polar surface area (TPSA) is 66.5 Å². The van der Waals surface area contributed by atoms with Crippen LogP contribution in [0.25, 0.3) is 10.8 Å². The lowest BCUT2D eigenvalue weighted by atomic mass is 10.1. The first-order valence-corrected chi connectivity index (χ1v) is 11.3. The molecule has 5 nitrogen and oxygen atoms in total. The number of rotatable bonds is 7. The fourth-order valence-corrected chi connectivity index (χ4v) is 4.87. The normalized spacial score (nSPS) is 11.4. The molecule has 29 heavy (non-hydrogen) atoms. The van der Waals surface area contributed by atoms with Crippen LogP contribution in [0.15, 0.2) is 65.6 Å². The summed E-state index contributed by atoms with van der Waals surface area (Å²) >= 11 is 5.82. The minimum Gasteiger partial charge on any atom is -0.377 e. The fourth-order valence-electron chi connectivity index (χ4n) is 3.20. The van der Waals surface area contributed by atoms with Gasteiger partial charge >= 0.3 is 0 Å². The second kappa shape index (κ2) is 8.84. The molecule has 152 valence electrons. The van der Waals surface area contributed by atoms with Gasteiger partial charge in [0.1, 0.15) is 0 Å². The molecular weight excluding hydrogens is 408 g/mol. The third-order valence-corrected chi connectivity index (χ3v) is 6.76. The maximum atomic E-state index is 12.9. The van der Waals surface area contributed by atoms with Crippen molar-refractivity contribution in [1.29, 1.82) is 0 Å². The monoisotopic (exact) mass is 430 g/mol. The third kappa shape index (κ3) is 4.89. The van der Waals surface area contributed by atoms with Crippen LogP contribution in [0.4, 0.5) is 5.69 Å². The van der Waals surface area contributed by atoms with E-state index in [0.29, 0.717) is 27.3 Å². The Hall–Kier alpha value is -2.57. The van der Waals surface area contributed by atoms with Crippen molar-refractivity contribution in [3.63, 3.8) is 0 Å². The summed E-state index contributed by atoms with van der Waals surface area (Å²) in [4.78, 5) is 14.4. The number of carbonyl (C=O) groups excluding carboxylic acids is 1. The van der Waals surface area contributed by atoms with Crippen LogP contribution >= 0.6 is 11.6 Å². The van der Waals surface area contributed by atoms with E-state index >= 15 is 0 Å². The second-order valence-electron chi connectivity index (χ2n) is 6.96. The standard InChI is InChI=1S/C22H23ClN2O3S/c1-25(2)20-8-3-7-19-18(20)6-4-9-21(19)29(27,28)15-5-14-24-22(26)16-10-12-17(23)13-11-16/h3-4,6-13H,5,14-15H2,1-2H3,(H,24,26). The van der Waals surface area contributed by atoms with Crippen molar-refractivity contribution in [2.75, 3.05) is 31.3 Å². The van der Waals surface area contributed by atoms with E-state index in [-0.39, 0.29) is 18.2 Å². The number of hydrogen-bond donors (Lipinski definition) is 1. The predicted octanol–water partition coefficient (Wildman–Crippen LogP) is 4.15. The van der Waals surface area contributed by atoms with Crippen molar-refractivity contribution in [2.45, 2.75) is 11.3 Å². The molecule has 0 spiro atoms. The van der Waals surface area contributed by atoms with Gasteiger partial charge in [-0.2, -0.15) is 0 Å². The highest BCUT2D eigenvalue weighted by Crippen LogP contribution is 2.30. The summed E-state index contributed by atoms with van der Waals surface area (Å²) < 4.78 is 25.9. The number of amides is 1. The highest BCUT2D eigenvalue weighted by Gasteiger charge is 2.18. The number of sulfone groups is 1. The SMILES string of the molecule is CN(C)c1cccc2c(S(=O)(=O)CCCNC(=O)c3ccc(Cl)cc3)cccc12. The number of nitrogens with one attached hydrogen (secondary N) is 1. The Morgan fingerprint density at radius 3 is 2.31 bits per heavy atom. The van der Waals surface area contributed by atoms with Gasteiger partial charge in [-0.1, -0.05) is 35.9 Å². The van der Waals surface area contributed by atoms with E-state index in [4.69, 9.17) is 11.6 Å². The number of benzene rings is 3. The maximum Gasteiger partial charge on any atom is 0.251 e. The Kier molecular flexibility index (Phi) is 6.45. The van der Waals surface area contributed by atoms with Gasteiger partial charge in [0.2, 0.25) is 0 Å². The largest absolute Gasteiger partial charge is 0.377 e. The Morgan fingerprint density at radius 1 is 0.966 bits per heavy atom. The summed E-state index contributed by atoms with van der Waals surface area (Å²) in [6, 6.07) is 17.5. The quantitative estimate of drug-likeness (QED) is 0.572. The number of halogens is 1. The van der Waals surface area contributed by atoms with Gasteiger partial charge in [0.15, 0.2) is 9.84 Å².